The second-order valence-corrected chi connectivity index (χ2v) is 4.81. The first kappa shape index (κ1) is 14.1. The number of benzene rings is 1. The molecular weight excluding hydrogens is 256 g/mol. The van der Waals surface area contributed by atoms with Gasteiger partial charge in [-0.1, -0.05) is 19.9 Å². The molecule has 0 bridgehead atoms. The summed E-state index contributed by atoms with van der Waals surface area (Å²) in [5.74, 6) is 0.997. The highest BCUT2D eigenvalue weighted by atomic mass is 16.5. The molecular formula is C15H18N2O3. The van der Waals surface area contributed by atoms with Crippen molar-refractivity contribution >= 4 is 5.97 Å². The standard InChI is InChI=1S/C15H18N2O3/c1-11(2)14-16-6-7-17(14)8-9-20-13-5-3-4-12(10-13)15(18)19/h3-7,10-11H,8-9H2,1-2H3,(H,18,19). The molecule has 0 fully saturated rings. The van der Waals surface area contributed by atoms with Crippen molar-refractivity contribution in [1.82, 2.24) is 9.55 Å². The summed E-state index contributed by atoms with van der Waals surface area (Å²) in [6, 6.07) is 6.50. The third-order valence-corrected chi connectivity index (χ3v) is 2.95. The molecule has 0 aliphatic heterocycles. The number of nitrogens with zero attached hydrogens (tertiary/aromatic N) is 2. The Morgan fingerprint density at radius 2 is 2.25 bits per heavy atom. The number of hydrogen-bond acceptors (Lipinski definition) is 3. The number of hydrogen-bond donors (Lipinski definition) is 1. The van der Waals surface area contributed by atoms with E-state index >= 15 is 0 Å². The molecule has 20 heavy (non-hydrogen) atoms. The van der Waals surface area contributed by atoms with Gasteiger partial charge in [0.05, 0.1) is 12.1 Å². The Labute approximate surface area is 117 Å². The van der Waals surface area contributed by atoms with E-state index in [1.165, 1.54) is 6.07 Å². The van der Waals surface area contributed by atoms with E-state index in [1.54, 1.807) is 24.4 Å². The predicted octanol–water partition coefficient (Wildman–Crippen LogP) is 2.78. The van der Waals surface area contributed by atoms with E-state index < -0.39 is 5.97 Å². The van der Waals surface area contributed by atoms with Crippen molar-refractivity contribution in [2.75, 3.05) is 6.61 Å². The number of ether oxygens (including phenoxy) is 1. The topological polar surface area (TPSA) is 64.4 Å². The van der Waals surface area contributed by atoms with E-state index in [9.17, 15) is 4.79 Å². The number of rotatable bonds is 6. The lowest BCUT2D eigenvalue weighted by molar-refractivity contribution is 0.0696. The van der Waals surface area contributed by atoms with Crippen molar-refractivity contribution in [3.63, 3.8) is 0 Å². The minimum absolute atomic E-state index is 0.230. The normalized spacial score (nSPS) is 10.8. The molecule has 0 atom stereocenters. The average Bonchev–Trinajstić information content (AvgIpc) is 2.87. The monoisotopic (exact) mass is 274 g/mol. The number of imidazole rings is 1. The summed E-state index contributed by atoms with van der Waals surface area (Å²) < 4.78 is 7.64. The second-order valence-electron chi connectivity index (χ2n) is 4.81. The van der Waals surface area contributed by atoms with Gasteiger partial charge in [0.1, 0.15) is 18.2 Å². The second kappa shape index (κ2) is 6.23. The number of carboxylic acids is 1. The fraction of sp³-hybridized carbons (Fsp3) is 0.333. The fourth-order valence-corrected chi connectivity index (χ4v) is 1.99. The van der Waals surface area contributed by atoms with Gasteiger partial charge in [0, 0.05) is 18.3 Å². The molecule has 0 saturated carbocycles. The molecule has 2 aromatic rings. The van der Waals surface area contributed by atoms with Crippen molar-refractivity contribution in [1.29, 1.82) is 0 Å². The maximum absolute atomic E-state index is 10.9. The summed E-state index contributed by atoms with van der Waals surface area (Å²) in [7, 11) is 0. The van der Waals surface area contributed by atoms with Crippen LogP contribution in [0.15, 0.2) is 36.7 Å². The van der Waals surface area contributed by atoms with Gasteiger partial charge in [0.25, 0.3) is 0 Å². The van der Waals surface area contributed by atoms with Crippen LogP contribution in [0.4, 0.5) is 0 Å². The fourth-order valence-electron chi connectivity index (χ4n) is 1.99. The maximum Gasteiger partial charge on any atom is 0.335 e. The average molecular weight is 274 g/mol. The van der Waals surface area contributed by atoms with E-state index in [-0.39, 0.29) is 5.56 Å². The Bertz CT molecular complexity index is 590. The molecule has 1 heterocycles. The lowest BCUT2D eigenvalue weighted by atomic mass is 10.2. The van der Waals surface area contributed by atoms with Crippen molar-refractivity contribution in [2.24, 2.45) is 0 Å². The van der Waals surface area contributed by atoms with Gasteiger partial charge in [-0.15, -0.1) is 0 Å². The van der Waals surface area contributed by atoms with Gasteiger partial charge in [-0.05, 0) is 18.2 Å². The van der Waals surface area contributed by atoms with Crippen LogP contribution in [0.5, 0.6) is 5.75 Å². The molecule has 0 unspecified atom stereocenters. The van der Waals surface area contributed by atoms with Crippen LogP contribution in [0.1, 0.15) is 35.9 Å². The van der Waals surface area contributed by atoms with Crippen LogP contribution in [0.25, 0.3) is 0 Å². The molecule has 1 aromatic carbocycles. The Morgan fingerprint density at radius 1 is 1.45 bits per heavy atom. The largest absolute Gasteiger partial charge is 0.492 e. The Hall–Kier alpha value is -2.30. The summed E-state index contributed by atoms with van der Waals surface area (Å²) >= 11 is 0. The molecule has 5 nitrogen and oxygen atoms in total. The van der Waals surface area contributed by atoms with Crippen LogP contribution in [0.2, 0.25) is 0 Å². The number of carbonyl (C=O) groups is 1. The summed E-state index contributed by atoms with van der Waals surface area (Å²) in [6.07, 6.45) is 3.70. The van der Waals surface area contributed by atoms with Crippen LogP contribution in [0.3, 0.4) is 0 Å². The first-order chi connectivity index (χ1) is 9.58. The lowest BCUT2D eigenvalue weighted by Gasteiger charge is -2.11. The molecule has 0 aliphatic rings. The van der Waals surface area contributed by atoms with E-state index in [2.05, 4.69) is 18.8 Å². The highest BCUT2D eigenvalue weighted by molar-refractivity contribution is 5.87. The highest BCUT2D eigenvalue weighted by Crippen LogP contribution is 2.14. The molecule has 0 spiro atoms. The number of aromatic carboxylic acids is 1. The van der Waals surface area contributed by atoms with E-state index in [4.69, 9.17) is 9.84 Å². The van der Waals surface area contributed by atoms with Crippen LogP contribution in [-0.2, 0) is 6.54 Å². The predicted molar refractivity (Wildman–Crippen MR) is 75.2 cm³/mol. The quantitative estimate of drug-likeness (QED) is 0.879. The van der Waals surface area contributed by atoms with Crippen LogP contribution in [0, 0.1) is 0 Å². The first-order valence-corrected chi connectivity index (χ1v) is 6.55. The van der Waals surface area contributed by atoms with E-state index in [0.29, 0.717) is 24.8 Å². The summed E-state index contributed by atoms with van der Waals surface area (Å²) in [5.41, 5.74) is 0.230. The van der Waals surface area contributed by atoms with E-state index in [0.717, 1.165) is 5.82 Å². The zero-order valence-electron chi connectivity index (χ0n) is 11.6. The third-order valence-electron chi connectivity index (χ3n) is 2.95. The SMILES string of the molecule is CC(C)c1nccn1CCOc1cccc(C(=O)O)c1. The minimum Gasteiger partial charge on any atom is -0.492 e. The summed E-state index contributed by atoms with van der Waals surface area (Å²) in [5, 5.41) is 8.91. The van der Waals surface area contributed by atoms with Gasteiger partial charge in [-0.3, -0.25) is 0 Å². The molecule has 0 radical (unpaired) electrons. The van der Waals surface area contributed by atoms with Crippen molar-refractivity contribution in [3.8, 4) is 5.75 Å². The Balaban J connectivity index is 1.94. The highest BCUT2D eigenvalue weighted by Gasteiger charge is 2.07. The first-order valence-electron chi connectivity index (χ1n) is 6.55. The summed E-state index contributed by atoms with van der Waals surface area (Å²) in [6.45, 7) is 5.34. The Morgan fingerprint density at radius 3 is 2.95 bits per heavy atom. The van der Waals surface area contributed by atoms with Gasteiger partial charge in [-0.25, -0.2) is 9.78 Å². The molecule has 5 heteroatoms. The summed E-state index contributed by atoms with van der Waals surface area (Å²) in [4.78, 5) is 15.2. The minimum atomic E-state index is -0.952. The van der Waals surface area contributed by atoms with Crippen molar-refractivity contribution in [3.05, 3.63) is 48.0 Å². The number of aromatic nitrogens is 2. The van der Waals surface area contributed by atoms with Crippen LogP contribution in [-0.4, -0.2) is 27.2 Å². The molecule has 0 amide bonds. The molecule has 106 valence electrons. The van der Waals surface area contributed by atoms with Gasteiger partial charge < -0.3 is 14.4 Å². The molecule has 0 saturated heterocycles. The molecule has 1 N–H and O–H groups in total. The lowest BCUT2D eigenvalue weighted by Crippen LogP contribution is -2.11. The molecule has 0 aliphatic carbocycles. The van der Waals surface area contributed by atoms with E-state index in [1.807, 2.05) is 10.8 Å². The van der Waals surface area contributed by atoms with Gasteiger partial charge >= 0.3 is 5.97 Å². The smallest absolute Gasteiger partial charge is 0.335 e. The van der Waals surface area contributed by atoms with Gasteiger partial charge in [0.15, 0.2) is 0 Å². The third kappa shape index (κ3) is 3.38. The van der Waals surface area contributed by atoms with Crippen molar-refractivity contribution in [2.45, 2.75) is 26.3 Å². The van der Waals surface area contributed by atoms with Gasteiger partial charge in [0.2, 0.25) is 0 Å². The molecule has 1 aromatic heterocycles. The zero-order chi connectivity index (χ0) is 14.5. The van der Waals surface area contributed by atoms with Crippen LogP contribution < -0.4 is 4.74 Å². The number of carboxylic acid groups (broad SMARTS) is 1. The van der Waals surface area contributed by atoms with Crippen molar-refractivity contribution < 1.29 is 14.6 Å². The molecule has 2 rings (SSSR count). The van der Waals surface area contributed by atoms with Crippen LogP contribution >= 0.6 is 0 Å². The maximum atomic E-state index is 10.9. The Kier molecular flexibility index (Phi) is 4.40. The zero-order valence-corrected chi connectivity index (χ0v) is 11.6. The van der Waals surface area contributed by atoms with Gasteiger partial charge in [-0.2, -0.15) is 0 Å².